The Morgan fingerprint density at radius 2 is 1.77 bits per heavy atom. The van der Waals surface area contributed by atoms with Gasteiger partial charge in [0.05, 0.1) is 25.3 Å². The van der Waals surface area contributed by atoms with Gasteiger partial charge in [-0.15, -0.1) is 10.2 Å². The van der Waals surface area contributed by atoms with E-state index in [0.717, 1.165) is 48.4 Å². The number of carbonyl (C=O) groups is 1. The van der Waals surface area contributed by atoms with E-state index in [0.29, 0.717) is 23.6 Å². The molecule has 5 rings (SSSR count). The van der Waals surface area contributed by atoms with Gasteiger partial charge in [-0.2, -0.15) is 0 Å². The van der Waals surface area contributed by atoms with Gasteiger partial charge in [0.15, 0.2) is 17.3 Å². The number of carbonyl (C=O) groups excluding carboxylic acids is 1. The number of aromatic nitrogens is 3. The molecular formula is C22H24N6O3. The molecule has 3 heterocycles. The van der Waals surface area contributed by atoms with E-state index in [2.05, 4.69) is 31.7 Å². The van der Waals surface area contributed by atoms with Crippen molar-refractivity contribution in [2.24, 2.45) is 0 Å². The van der Waals surface area contributed by atoms with Crippen LogP contribution in [0, 0.1) is 0 Å². The highest BCUT2D eigenvalue weighted by Crippen LogP contribution is 2.36. The number of amides is 2. The number of ether oxygens (including phenoxy) is 2. The maximum Gasteiger partial charge on any atom is 0.322 e. The molecule has 3 aromatic rings. The van der Waals surface area contributed by atoms with Gasteiger partial charge in [-0.1, -0.05) is 18.2 Å². The van der Waals surface area contributed by atoms with Crippen LogP contribution in [0.4, 0.5) is 16.3 Å². The molecule has 0 unspecified atom stereocenters. The minimum atomic E-state index is -0.0249. The van der Waals surface area contributed by atoms with E-state index >= 15 is 0 Å². The Labute approximate surface area is 179 Å². The zero-order chi connectivity index (χ0) is 21.4. The van der Waals surface area contributed by atoms with Crippen LogP contribution in [0.15, 0.2) is 36.4 Å². The Morgan fingerprint density at radius 1 is 1.03 bits per heavy atom. The van der Waals surface area contributed by atoms with E-state index in [1.54, 1.807) is 14.2 Å². The minimum absolute atomic E-state index is 0.0249. The molecule has 1 fully saturated rings. The molecule has 31 heavy (non-hydrogen) atoms. The van der Waals surface area contributed by atoms with Crippen molar-refractivity contribution in [2.75, 3.05) is 37.1 Å². The molecule has 2 amide bonds. The molecule has 2 aromatic carbocycles. The monoisotopic (exact) mass is 420 g/mol. The molecule has 0 radical (unpaired) electrons. The van der Waals surface area contributed by atoms with Gasteiger partial charge in [0.2, 0.25) is 0 Å². The molecule has 1 aromatic heterocycles. The number of urea groups is 1. The van der Waals surface area contributed by atoms with Gasteiger partial charge in [-0.25, -0.2) is 4.79 Å². The maximum absolute atomic E-state index is 12.7. The van der Waals surface area contributed by atoms with E-state index in [1.807, 2.05) is 35.2 Å². The fourth-order valence-electron chi connectivity index (χ4n) is 4.49. The second-order valence-electron chi connectivity index (χ2n) is 7.71. The Balaban J connectivity index is 1.40. The van der Waals surface area contributed by atoms with Crippen molar-refractivity contribution in [1.29, 1.82) is 0 Å². The number of anilines is 2. The summed E-state index contributed by atoms with van der Waals surface area (Å²) in [6.45, 7) is 2.10. The number of piperidine rings is 1. The lowest BCUT2D eigenvalue weighted by Crippen LogP contribution is -2.53. The second-order valence-corrected chi connectivity index (χ2v) is 7.71. The van der Waals surface area contributed by atoms with Crippen molar-refractivity contribution in [3.05, 3.63) is 42.0 Å². The zero-order valence-electron chi connectivity index (χ0n) is 17.5. The number of nitrogens with zero attached hydrogens (tertiary/aromatic N) is 5. The van der Waals surface area contributed by atoms with E-state index in [4.69, 9.17) is 9.47 Å². The molecule has 2 aliphatic heterocycles. The van der Waals surface area contributed by atoms with Crippen LogP contribution < -0.4 is 24.6 Å². The summed E-state index contributed by atoms with van der Waals surface area (Å²) in [5.74, 6) is 2.00. The Bertz CT molecular complexity index is 1130. The number of fused-ring (bicyclic) bond motifs is 2. The third kappa shape index (κ3) is 3.35. The van der Waals surface area contributed by atoms with Gasteiger partial charge in [-0.05, 0) is 35.8 Å². The van der Waals surface area contributed by atoms with Crippen LogP contribution in [0.25, 0.3) is 10.9 Å². The van der Waals surface area contributed by atoms with Gasteiger partial charge < -0.3 is 19.7 Å². The smallest absolute Gasteiger partial charge is 0.322 e. The summed E-state index contributed by atoms with van der Waals surface area (Å²) in [6, 6.07) is 11.9. The van der Waals surface area contributed by atoms with Crippen molar-refractivity contribution in [3.63, 3.8) is 0 Å². The van der Waals surface area contributed by atoms with Gasteiger partial charge in [-0.3, -0.25) is 4.90 Å². The number of methoxy groups -OCH3 is 2. The molecule has 9 nitrogen and oxygen atoms in total. The Morgan fingerprint density at radius 3 is 2.55 bits per heavy atom. The molecule has 0 aliphatic carbocycles. The SMILES string of the molecule is COc1cc2nnnc(N3CCC(N4C(=O)NCc5ccccc54)CC3)c2cc1OC. The largest absolute Gasteiger partial charge is 0.493 e. The van der Waals surface area contributed by atoms with Crippen LogP contribution in [-0.2, 0) is 6.54 Å². The highest BCUT2D eigenvalue weighted by Gasteiger charge is 2.33. The van der Waals surface area contributed by atoms with E-state index in [1.165, 1.54) is 0 Å². The van der Waals surface area contributed by atoms with Crippen LogP contribution in [0.2, 0.25) is 0 Å². The number of nitrogens with one attached hydrogen (secondary N) is 1. The van der Waals surface area contributed by atoms with Gasteiger partial charge in [0.25, 0.3) is 0 Å². The lowest BCUT2D eigenvalue weighted by atomic mass is 9.99. The lowest BCUT2D eigenvalue weighted by molar-refractivity contribution is 0.240. The van der Waals surface area contributed by atoms with Gasteiger partial charge in [0, 0.05) is 31.7 Å². The van der Waals surface area contributed by atoms with Crippen molar-refractivity contribution in [2.45, 2.75) is 25.4 Å². The highest BCUT2D eigenvalue weighted by molar-refractivity contribution is 5.95. The zero-order valence-corrected chi connectivity index (χ0v) is 17.5. The van der Waals surface area contributed by atoms with Crippen molar-refractivity contribution in [3.8, 4) is 11.5 Å². The molecule has 1 N–H and O–H groups in total. The van der Waals surface area contributed by atoms with Crippen LogP contribution in [0.3, 0.4) is 0 Å². The third-order valence-corrected chi connectivity index (χ3v) is 6.06. The number of hydrogen-bond donors (Lipinski definition) is 1. The van der Waals surface area contributed by atoms with Crippen molar-refractivity contribution < 1.29 is 14.3 Å². The molecule has 0 spiro atoms. The molecule has 9 heteroatoms. The summed E-state index contributed by atoms with van der Waals surface area (Å²) in [5, 5.41) is 16.3. The highest BCUT2D eigenvalue weighted by atomic mass is 16.5. The summed E-state index contributed by atoms with van der Waals surface area (Å²) in [6.07, 6.45) is 1.67. The van der Waals surface area contributed by atoms with E-state index in [-0.39, 0.29) is 12.1 Å². The van der Waals surface area contributed by atoms with Crippen molar-refractivity contribution in [1.82, 2.24) is 20.7 Å². The fraction of sp³-hybridized carbons (Fsp3) is 0.364. The standard InChI is InChI=1S/C22H24N6O3/c1-30-19-11-16-17(12-20(19)31-2)24-26-25-21(16)27-9-7-15(8-10-27)28-18-6-4-3-5-14(18)13-23-22(28)29/h3-6,11-12,15H,7-10,13H2,1-2H3,(H,23,29). The predicted molar refractivity (Wildman–Crippen MR) is 117 cm³/mol. The van der Waals surface area contributed by atoms with Crippen LogP contribution in [0.5, 0.6) is 11.5 Å². The minimum Gasteiger partial charge on any atom is -0.493 e. The normalized spacial score (nSPS) is 16.8. The topological polar surface area (TPSA) is 92.7 Å². The number of para-hydroxylation sites is 1. The molecule has 0 bridgehead atoms. The summed E-state index contributed by atoms with van der Waals surface area (Å²) in [5.41, 5.74) is 2.86. The Hall–Kier alpha value is -3.62. The molecule has 0 atom stereocenters. The summed E-state index contributed by atoms with van der Waals surface area (Å²) in [7, 11) is 3.21. The Kier molecular flexibility index (Phi) is 4.93. The van der Waals surface area contributed by atoms with Crippen LogP contribution in [-0.4, -0.2) is 54.8 Å². The maximum atomic E-state index is 12.7. The first-order chi connectivity index (χ1) is 15.2. The molecule has 1 saturated heterocycles. The van der Waals surface area contributed by atoms with Gasteiger partial charge in [0.1, 0.15) is 5.52 Å². The van der Waals surface area contributed by atoms with Gasteiger partial charge >= 0.3 is 6.03 Å². The quantitative estimate of drug-likeness (QED) is 0.694. The molecule has 0 saturated carbocycles. The summed E-state index contributed by atoms with van der Waals surface area (Å²) >= 11 is 0. The van der Waals surface area contributed by atoms with Crippen LogP contribution >= 0.6 is 0 Å². The summed E-state index contributed by atoms with van der Waals surface area (Å²) in [4.78, 5) is 16.8. The first-order valence-corrected chi connectivity index (χ1v) is 10.3. The number of hydrogen-bond acceptors (Lipinski definition) is 7. The van der Waals surface area contributed by atoms with E-state index in [9.17, 15) is 4.79 Å². The number of benzene rings is 2. The molecule has 160 valence electrons. The predicted octanol–water partition coefficient (Wildman–Crippen LogP) is 2.74. The molecule has 2 aliphatic rings. The van der Waals surface area contributed by atoms with Crippen LogP contribution in [0.1, 0.15) is 18.4 Å². The summed E-state index contributed by atoms with van der Waals surface area (Å²) < 4.78 is 10.8. The fourth-order valence-corrected chi connectivity index (χ4v) is 4.49. The average molecular weight is 420 g/mol. The van der Waals surface area contributed by atoms with E-state index < -0.39 is 0 Å². The average Bonchev–Trinajstić information content (AvgIpc) is 2.83. The molecular weight excluding hydrogens is 396 g/mol. The lowest BCUT2D eigenvalue weighted by Gasteiger charge is -2.41. The third-order valence-electron chi connectivity index (χ3n) is 6.06. The number of rotatable bonds is 4. The first-order valence-electron chi connectivity index (χ1n) is 10.3. The van der Waals surface area contributed by atoms with Crippen molar-refractivity contribution >= 4 is 28.4 Å². The first kappa shape index (κ1) is 19.3. The second kappa shape index (κ2) is 7.90.